The smallest absolute Gasteiger partial charge is 0.269 e. The van der Waals surface area contributed by atoms with Crippen molar-refractivity contribution in [1.82, 2.24) is 16.2 Å². The number of hydrazine groups is 1. The zero-order valence-corrected chi connectivity index (χ0v) is 18.1. The lowest BCUT2D eigenvalue weighted by Gasteiger charge is -2.14. The minimum Gasteiger partial charge on any atom is -0.494 e. The van der Waals surface area contributed by atoms with Crippen molar-refractivity contribution in [2.24, 2.45) is 0 Å². The molecule has 0 fully saturated rings. The summed E-state index contributed by atoms with van der Waals surface area (Å²) < 4.78 is 5.66. The van der Waals surface area contributed by atoms with Gasteiger partial charge >= 0.3 is 0 Å². The predicted molar refractivity (Wildman–Crippen MR) is 120 cm³/mol. The summed E-state index contributed by atoms with van der Waals surface area (Å²) in [5, 5.41) is 2.75. The molecule has 1 unspecified atom stereocenters. The summed E-state index contributed by atoms with van der Waals surface area (Å²) in [6.07, 6.45) is 4.56. The van der Waals surface area contributed by atoms with Crippen LogP contribution >= 0.6 is 0 Å². The van der Waals surface area contributed by atoms with Gasteiger partial charge in [-0.1, -0.05) is 44.4 Å². The molecule has 0 bridgehead atoms. The monoisotopic (exact) mass is 425 g/mol. The van der Waals surface area contributed by atoms with E-state index < -0.39 is 17.9 Å². The van der Waals surface area contributed by atoms with Gasteiger partial charge in [0.25, 0.3) is 11.8 Å². The van der Waals surface area contributed by atoms with E-state index in [2.05, 4.69) is 23.1 Å². The van der Waals surface area contributed by atoms with Gasteiger partial charge in [-0.3, -0.25) is 25.2 Å². The van der Waals surface area contributed by atoms with E-state index in [4.69, 9.17) is 4.74 Å². The van der Waals surface area contributed by atoms with Crippen molar-refractivity contribution in [2.75, 3.05) is 6.61 Å². The fraction of sp³-hybridized carbons (Fsp3) is 0.375. The standard InChI is InChI=1S/C24H31N3O4/c1-3-4-5-9-16-31-21-14-12-20(13-15-21)24(30)27-26-22(28)17-18(2)25-23(29)19-10-7-6-8-11-19/h6-8,10-15,18H,3-5,9,16-17H2,1-2H3,(H,25,29)(H,26,28)(H,27,30). The van der Waals surface area contributed by atoms with Gasteiger partial charge in [-0.05, 0) is 49.7 Å². The number of hydrogen-bond acceptors (Lipinski definition) is 4. The van der Waals surface area contributed by atoms with Crippen LogP contribution in [0.5, 0.6) is 5.75 Å². The van der Waals surface area contributed by atoms with Crippen molar-refractivity contribution in [2.45, 2.75) is 52.0 Å². The number of unbranched alkanes of at least 4 members (excludes halogenated alkanes) is 3. The third kappa shape index (κ3) is 8.90. The van der Waals surface area contributed by atoms with E-state index in [-0.39, 0.29) is 12.3 Å². The van der Waals surface area contributed by atoms with Gasteiger partial charge < -0.3 is 10.1 Å². The van der Waals surface area contributed by atoms with Gasteiger partial charge in [0.1, 0.15) is 5.75 Å². The number of benzene rings is 2. The summed E-state index contributed by atoms with van der Waals surface area (Å²) >= 11 is 0. The summed E-state index contributed by atoms with van der Waals surface area (Å²) in [5.74, 6) is -0.372. The highest BCUT2D eigenvalue weighted by atomic mass is 16.5. The van der Waals surface area contributed by atoms with Gasteiger partial charge in [-0.25, -0.2) is 0 Å². The van der Waals surface area contributed by atoms with Gasteiger partial charge in [0.15, 0.2) is 0 Å². The number of rotatable bonds is 11. The topological polar surface area (TPSA) is 96.5 Å². The lowest BCUT2D eigenvalue weighted by molar-refractivity contribution is -0.122. The lowest BCUT2D eigenvalue weighted by atomic mass is 10.1. The first-order valence-corrected chi connectivity index (χ1v) is 10.7. The average molecular weight is 426 g/mol. The second-order valence-electron chi connectivity index (χ2n) is 7.38. The molecule has 0 radical (unpaired) electrons. The third-order valence-electron chi connectivity index (χ3n) is 4.60. The highest BCUT2D eigenvalue weighted by molar-refractivity contribution is 5.96. The fourth-order valence-corrected chi connectivity index (χ4v) is 2.90. The van der Waals surface area contributed by atoms with Crippen LogP contribution in [0.25, 0.3) is 0 Å². The summed E-state index contributed by atoms with van der Waals surface area (Å²) in [6, 6.07) is 15.1. The lowest BCUT2D eigenvalue weighted by Crippen LogP contribution is -2.44. The molecule has 2 aromatic rings. The summed E-state index contributed by atoms with van der Waals surface area (Å²) in [7, 11) is 0. The van der Waals surface area contributed by atoms with Crippen LogP contribution in [0.1, 0.15) is 66.7 Å². The number of ether oxygens (including phenoxy) is 1. The Kier molecular flexibility index (Phi) is 10.1. The normalized spacial score (nSPS) is 11.3. The van der Waals surface area contributed by atoms with Gasteiger partial charge in [-0.2, -0.15) is 0 Å². The average Bonchev–Trinajstić information content (AvgIpc) is 2.78. The van der Waals surface area contributed by atoms with Crippen LogP contribution in [0, 0.1) is 0 Å². The minimum atomic E-state index is -0.427. The Morgan fingerprint density at radius 1 is 0.839 bits per heavy atom. The van der Waals surface area contributed by atoms with Crippen molar-refractivity contribution in [1.29, 1.82) is 0 Å². The van der Waals surface area contributed by atoms with E-state index in [1.165, 1.54) is 12.8 Å². The van der Waals surface area contributed by atoms with E-state index in [0.717, 1.165) is 12.8 Å². The number of nitrogens with one attached hydrogen (secondary N) is 3. The fourth-order valence-electron chi connectivity index (χ4n) is 2.90. The Morgan fingerprint density at radius 2 is 1.52 bits per heavy atom. The van der Waals surface area contributed by atoms with Crippen LogP contribution < -0.4 is 20.9 Å². The SMILES string of the molecule is CCCCCCOc1ccc(C(=O)NNC(=O)CC(C)NC(=O)c2ccccc2)cc1. The summed E-state index contributed by atoms with van der Waals surface area (Å²) in [4.78, 5) is 36.4. The molecular formula is C24H31N3O4. The Balaban J connectivity index is 1.70. The number of carbonyl (C=O) groups excluding carboxylic acids is 3. The van der Waals surface area contributed by atoms with E-state index in [0.29, 0.717) is 23.5 Å². The molecule has 166 valence electrons. The molecule has 31 heavy (non-hydrogen) atoms. The maximum absolute atomic E-state index is 12.2. The molecule has 0 heterocycles. The first-order valence-electron chi connectivity index (χ1n) is 10.7. The largest absolute Gasteiger partial charge is 0.494 e. The van der Waals surface area contributed by atoms with Crippen molar-refractivity contribution in [3.8, 4) is 5.75 Å². The molecule has 3 amide bonds. The van der Waals surface area contributed by atoms with Crippen LogP contribution in [-0.2, 0) is 4.79 Å². The summed E-state index contributed by atoms with van der Waals surface area (Å²) in [6.45, 7) is 4.54. The third-order valence-corrected chi connectivity index (χ3v) is 4.60. The van der Waals surface area contributed by atoms with Crippen molar-refractivity contribution in [3.63, 3.8) is 0 Å². The van der Waals surface area contributed by atoms with Crippen LogP contribution in [0.4, 0.5) is 0 Å². The minimum absolute atomic E-state index is 0.0314. The molecule has 2 rings (SSSR count). The predicted octanol–water partition coefficient (Wildman–Crippen LogP) is 3.62. The summed E-state index contributed by atoms with van der Waals surface area (Å²) in [5.41, 5.74) is 5.69. The Morgan fingerprint density at radius 3 is 2.19 bits per heavy atom. The quantitative estimate of drug-likeness (QED) is 0.378. The van der Waals surface area contributed by atoms with Crippen LogP contribution in [0.2, 0.25) is 0 Å². The maximum Gasteiger partial charge on any atom is 0.269 e. The van der Waals surface area contributed by atoms with Crippen LogP contribution in [-0.4, -0.2) is 30.4 Å². The Labute approximate surface area is 183 Å². The van der Waals surface area contributed by atoms with E-state index in [9.17, 15) is 14.4 Å². The molecular weight excluding hydrogens is 394 g/mol. The molecule has 0 aliphatic rings. The second-order valence-corrected chi connectivity index (χ2v) is 7.38. The highest BCUT2D eigenvalue weighted by Crippen LogP contribution is 2.13. The molecule has 3 N–H and O–H groups in total. The maximum atomic E-state index is 12.2. The molecule has 0 aliphatic heterocycles. The van der Waals surface area contributed by atoms with Gasteiger partial charge in [-0.15, -0.1) is 0 Å². The Hall–Kier alpha value is -3.35. The zero-order chi connectivity index (χ0) is 22.5. The van der Waals surface area contributed by atoms with Gasteiger partial charge in [0.2, 0.25) is 5.91 Å². The molecule has 2 aromatic carbocycles. The first-order chi connectivity index (χ1) is 15.0. The highest BCUT2D eigenvalue weighted by Gasteiger charge is 2.14. The first kappa shape index (κ1) is 23.9. The molecule has 0 saturated heterocycles. The second kappa shape index (κ2) is 13.1. The molecule has 0 spiro atoms. The number of hydrogen-bond donors (Lipinski definition) is 3. The van der Waals surface area contributed by atoms with Gasteiger partial charge in [0, 0.05) is 23.6 Å². The zero-order valence-electron chi connectivity index (χ0n) is 18.1. The molecule has 0 aliphatic carbocycles. The van der Waals surface area contributed by atoms with Gasteiger partial charge in [0.05, 0.1) is 6.61 Å². The molecule has 7 nitrogen and oxygen atoms in total. The Bertz CT molecular complexity index is 838. The van der Waals surface area contributed by atoms with E-state index in [1.54, 1.807) is 55.5 Å². The number of carbonyl (C=O) groups is 3. The molecule has 0 aromatic heterocycles. The van der Waals surface area contributed by atoms with Crippen LogP contribution in [0.15, 0.2) is 54.6 Å². The van der Waals surface area contributed by atoms with Crippen LogP contribution in [0.3, 0.4) is 0 Å². The van der Waals surface area contributed by atoms with Crippen molar-refractivity contribution < 1.29 is 19.1 Å². The van der Waals surface area contributed by atoms with Crippen molar-refractivity contribution >= 4 is 17.7 Å². The molecule has 0 saturated carbocycles. The van der Waals surface area contributed by atoms with E-state index >= 15 is 0 Å². The van der Waals surface area contributed by atoms with Crippen molar-refractivity contribution in [3.05, 3.63) is 65.7 Å². The number of amides is 3. The molecule has 1 atom stereocenters. The van der Waals surface area contributed by atoms with E-state index in [1.807, 2.05) is 6.07 Å². The molecule has 7 heteroatoms.